The lowest BCUT2D eigenvalue weighted by Crippen LogP contribution is -2.67. The van der Waals surface area contributed by atoms with Gasteiger partial charge in [-0.05, 0) is 64.2 Å². The van der Waals surface area contributed by atoms with Gasteiger partial charge in [-0.3, -0.25) is 110 Å². The van der Waals surface area contributed by atoms with E-state index in [1.54, 1.807) is 0 Å². The van der Waals surface area contributed by atoms with E-state index in [-0.39, 0.29) is 167 Å². The van der Waals surface area contributed by atoms with Crippen molar-refractivity contribution >= 4 is 142 Å². The highest BCUT2D eigenvalue weighted by Gasteiger charge is 2.56. The summed E-state index contributed by atoms with van der Waals surface area (Å²) in [5, 5.41) is 25.9. The largest absolute Gasteiger partial charge is 0.463 e. The average Bonchev–Trinajstić information content (AvgIpc) is 0.780. The lowest BCUT2D eigenvalue weighted by molar-refractivity contribution is -0.222. The van der Waals surface area contributed by atoms with Crippen LogP contribution >= 0.6 is 0 Å². The van der Waals surface area contributed by atoms with Gasteiger partial charge in [-0.1, -0.05) is 0 Å². The summed E-state index contributed by atoms with van der Waals surface area (Å²) in [7, 11) is 0. The molecule has 3 heterocycles. The van der Waals surface area contributed by atoms with Crippen molar-refractivity contribution in [2.45, 2.75) is 309 Å². The maximum Gasteiger partial charge on any atom is 0.337 e. The minimum atomic E-state index is -2.03. The Hall–Kier alpha value is -13.3. The highest BCUT2D eigenvalue weighted by Crippen LogP contribution is 2.34. The van der Waals surface area contributed by atoms with E-state index in [9.17, 15) is 133 Å². The number of hydrogen-bond donors (Lipinski definition) is 10. The van der Waals surface area contributed by atoms with Crippen LogP contribution < -0.4 is 57.9 Å². The van der Waals surface area contributed by atoms with E-state index in [1.807, 2.05) is 0 Å². The Morgan fingerprint density at radius 1 is 0.340 bits per heavy atom. The number of unbranched alkanes of at least 4 members (excludes halogenated alkanes) is 3. The van der Waals surface area contributed by atoms with Crippen LogP contribution in [0.5, 0.6) is 5.75 Å². The number of ketones is 3. The quantitative estimate of drug-likeness (QED) is 0.00912. The number of amides is 11. The summed E-state index contributed by atoms with van der Waals surface area (Å²) in [5.41, 5.74) is 0. The molecule has 1 aromatic carbocycles. The summed E-state index contributed by atoms with van der Waals surface area (Å²) < 4.78 is 131. The Morgan fingerprint density at radius 2 is 0.639 bits per heavy atom. The molecule has 0 saturated carbocycles. The zero-order valence-corrected chi connectivity index (χ0v) is 82.1. The van der Waals surface area contributed by atoms with Gasteiger partial charge in [0.1, 0.15) is 87.2 Å². The summed E-state index contributed by atoms with van der Waals surface area (Å²) in [6, 6.07) is -5.91. The molecular weight excluding hydrogens is 1930 g/mol. The number of benzene rings is 1. The fourth-order valence-corrected chi connectivity index (χ4v) is 15.2. The summed E-state index contributed by atoms with van der Waals surface area (Å²) in [6.45, 7) is 8.17. The average molecular weight is 2060 g/mol. The monoisotopic (exact) mass is 2060 g/mol. The first-order valence-electron chi connectivity index (χ1n) is 46.6. The van der Waals surface area contributed by atoms with Crippen LogP contribution in [0.25, 0.3) is 0 Å². The zero-order chi connectivity index (χ0) is 108. The Labute approximate surface area is 825 Å². The number of nitrogens with one attached hydrogen (secondary N) is 10. The first kappa shape index (κ1) is 123. The third-order valence-electron chi connectivity index (χ3n) is 21.4. The minimum Gasteiger partial charge on any atom is -0.463 e. The number of carbonyl (C=O) groups is 24. The van der Waals surface area contributed by atoms with Gasteiger partial charge in [0.2, 0.25) is 82.4 Å². The molecule has 49 nitrogen and oxygen atoms in total. The second-order valence-corrected chi connectivity index (χ2v) is 33.6. The zero-order valence-electron chi connectivity index (χ0n) is 82.1. The lowest BCUT2D eigenvalue weighted by Gasteiger charge is -2.44. The molecule has 0 spiro atoms. The van der Waals surface area contributed by atoms with Crippen molar-refractivity contribution in [3.63, 3.8) is 0 Å². The van der Waals surface area contributed by atoms with Crippen molar-refractivity contribution in [1.29, 1.82) is 0 Å². The molecule has 53 heteroatoms. The van der Waals surface area contributed by atoms with Crippen molar-refractivity contribution in [1.82, 2.24) is 58.1 Å². The van der Waals surface area contributed by atoms with Gasteiger partial charge in [-0.15, -0.1) is 0 Å². The Morgan fingerprint density at radius 3 is 0.944 bits per heavy atom. The molecule has 11 amide bonds. The third-order valence-corrected chi connectivity index (χ3v) is 21.4. The molecule has 3 saturated heterocycles. The number of Topliss-reactive ketones (excluding diaryl/α,β-unsaturated/α-hetero) is 3. The van der Waals surface area contributed by atoms with E-state index in [0.29, 0.717) is 0 Å². The molecule has 1 aromatic rings. The van der Waals surface area contributed by atoms with Crippen LogP contribution in [0.3, 0.4) is 0 Å². The van der Waals surface area contributed by atoms with E-state index in [2.05, 4.69) is 57.9 Å². The summed E-state index contributed by atoms with van der Waals surface area (Å²) >= 11 is 0. The Bertz CT molecular complexity index is 4510. The van der Waals surface area contributed by atoms with Crippen LogP contribution in [-0.2, 0) is 177 Å². The second-order valence-electron chi connectivity index (χ2n) is 33.6. The number of carbonyl (C=O) groups excluding carboxylic acids is 24. The molecular formula is C91H129F4N11O38. The first-order valence-corrected chi connectivity index (χ1v) is 46.6. The molecule has 3 fully saturated rings. The normalized spacial score (nSPS) is 20.5. The van der Waals surface area contributed by atoms with Crippen molar-refractivity contribution < 1.29 is 199 Å². The third kappa shape index (κ3) is 46.4. The van der Waals surface area contributed by atoms with Gasteiger partial charge in [0.05, 0.1) is 6.61 Å². The summed E-state index contributed by atoms with van der Waals surface area (Å²) in [6.07, 6.45) is -19.9. The molecule has 0 aromatic heterocycles. The maximum atomic E-state index is 14.4. The highest BCUT2D eigenvalue weighted by molar-refractivity contribution is 5.91. The number of nitrogens with zero attached hydrogens (tertiary/aromatic N) is 1. The Balaban J connectivity index is 1.46. The molecule has 16 atom stereocenters. The SMILES string of the molecule is CC(=O)NC1C(C(=O)CCCC(=O)NCCCCC(=O)NCCN(CCNC(=O)CCCCNC(=O)CCCC(=O)C2OC(COC(C)=O)C(OC(C)=O)C(OC(C)=O)C2NC(C)=O)C(=O)CC[C@H](NC(=O)CCCCNC(=O)CCCC(=O)C2OC(COC(C)=O)C(OC(C)=O)C(OC(C)=O)C2NC(C)=O)C(=O)NCCOCC(=O)Oc2c(F)c(F)cc(F)c2F)OC(COC(C)=O)C(OC(C)=O)C1OC(C)=O. The van der Waals surface area contributed by atoms with Gasteiger partial charge >= 0.3 is 59.7 Å². The molecule has 10 N–H and O–H groups in total. The fraction of sp³-hybridized carbons (Fsp3) is 0.670. The van der Waals surface area contributed by atoms with Crippen LogP contribution in [0.1, 0.15) is 212 Å². The number of esters is 10. The first-order chi connectivity index (χ1) is 68.0. The van der Waals surface area contributed by atoms with Crippen LogP contribution in [-0.4, -0.2) is 330 Å². The smallest absolute Gasteiger partial charge is 0.337 e. The molecule has 0 aliphatic carbocycles. The lowest BCUT2D eigenvalue weighted by atomic mass is 9.88. The van der Waals surface area contributed by atoms with Crippen molar-refractivity contribution in [3.8, 4) is 5.75 Å². The molecule has 4 rings (SSSR count). The second kappa shape index (κ2) is 64.3. The van der Waals surface area contributed by atoms with Gasteiger partial charge in [0, 0.05) is 206 Å². The van der Waals surface area contributed by atoms with Crippen molar-refractivity contribution in [2.75, 3.05) is 85.4 Å². The van der Waals surface area contributed by atoms with E-state index >= 15 is 0 Å². The number of ether oxygens (including phenoxy) is 14. The summed E-state index contributed by atoms with van der Waals surface area (Å²) in [4.78, 5) is 309. The van der Waals surface area contributed by atoms with Crippen LogP contribution in [0.4, 0.5) is 17.6 Å². The van der Waals surface area contributed by atoms with E-state index in [4.69, 9.17) is 61.6 Å². The Kier molecular flexibility index (Phi) is 54.9. The molecule has 3 aliphatic rings. The van der Waals surface area contributed by atoms with Crippen LogP contribution in [0.2, 0.25) is 0 Å². The minimum absolute atomic E-state index is 0.0306. The van der Waals surface area contributed by atoms with Crippen molar-refractivity contribution in [3.05, 3.63) is 29.3 Å². The molecule has 15 unspecified atom stereocenters. The van der Waals surface area contributed by atoms with Gasteiger partial charge < -0.3 is 124 Å². The van der Waals surface area contributed by atoms with Gasteiger partial charge in [0.15, 0.2) is 65.6 Å². The van der Waals surface area contributed by atoms with Gasteiger partial charge in [0.25, 0.3) is 0 Å². The van der Waals surface area contributed by atoms with Crippen LogP contribution in [0, 0.1) is 23.3 Å². The van der Waals surface area contributed by atoms with Gasteiger partial charge in [-0.25, -0.2) is 13.6 Å². The standard InChI is InChI=1S/C91H129F4N11O38/c1-47(107)102-78-81(141-65(43-132-50(4)110)84(135-53(7)113)88(78)138-56(10)116)62(119)22-19-28-70(124)96-33-16-13-25-68(122)99-36-39-106(40-37-100-69(123)26-14-17-34-97-71(125)29-20-23-63(120)82-79(103-48(2)108)89(139-57(11)117)85(136-54(8)114)66(142-82)44-133-51(5)111)74(128)32-31-61(91(130)101-38-41-131-46-75(129)144-87-76(94)59(92)42-60(93)77(87)95)105-73(127)27-15-18-35-98-72(126)30-21-24-64(121)83-80(104-49(3)109)90(140-58(12)118)86(137-55(9)115)67(143-83)45-134-52(6)112/h42,61,65-67,78-86,88-90H,13-41,43-46H2,1-12H3,(H,96,124)(H,97,125)(H,98,126)(H,99,122)(H,100,123)(H,101,130)(H,102,107)(H,103,108)(H,104,109)(H,105,127)/t61-,65?,66?,67?,78?,79?,80?,81?,82?,83?,84?,85?,86?,88?,89?,90?/m0/s1. The van der Waals surface area contributed by atoms with Gasteiger partial charge in [-0.2, -0.15) is 8.78 Å². The maximum absolute atomic E-state index is 14.4. The predicted molar refractivity (Wildman–Crippen MR) is 479 cm³/mol. The number of rotatable bonds is 62. The number of hydrogen-bond acceptors (Lipinski definition) is 38. The molecule has 804 valence electrons. The fourth-order valence-electron chi connectivity index (χ4n) is 15.2. The number of halogens is 4. The van der Waals surface area contributed by atoms with E-state index in [0.717, 1.165) is 83.1 Å². The van der Waals surface area contributed by atoms with E-state index in [1.165, 1.54) is 4.90 Å². The molecule has 3 aliphatic heterocycles. The predicted octanol–water partition coefficient (Wildman–Crippen LogP) is -1.22. The molecule has 0 bridgehead atoms. The molecule has 0 radical (unpaired) electrons. The topological polar surface area (TPSA) is 662 Å². The highest BCUT2D eigenvalue weighted by atomic mass is 19.2. The summed E-state index contributed by atoms with van der Waals surface area (Å²) in [5.74, 6) is -27.7. The van der Waals surface area contributed by atoms with Crippen LogP contribution in [0.15, 0.2) is 6.07 Å². The van der Waals surface area contributed by atoms with Crippen molar-refractivity contribution in [2.24, 2.45) is 0 Å². The van der Waals surface area contributed by atoms with E-state index < -0.39 is 321 Å². The molecule has 144 heavy (non-hydrogen) atoms.